The average Bonchev–Trinajstić information content (AvgIpc) is 2.91. The number of hydrogen-bond acceptors (Lipinski definition) is 5. The fourth-order valence-corrected chi connectivity index (χ4v) is 4.05. The molecule has 0 saturated carbocycles. The Labute approximate surface area is 220 Å². The van der Waals surface area contributed by atoms with Gasteiger partial charge in [0.1, 0.15) is 24.4 Å². The summed E-state index contributed by atoms with van der Waals surface area (Å²) < 4.78 is 25.2. The smallest absolute Gasteiger partial charge is 0.311 e. The Morgan fingerprint density at radius 1 is 0.595 bits per heavy atom. The summed E-state index contributed by atoms with van der Waals surface area (Å²) in [4.78, 5) is 12.8. The molecule has 3 aromatic carbocycles. The third kappa shape index (κ3) is 7.86. The second kappa shape index (κ2) is 12.8. The first kappa shape index (κ1) is 26.8. The molecule has 0 aliphatic heterocycles. The molecule has 0 saturated heterocycles. The molecule has 0 N–H and O–H groups in total. The van der Waals surface area contributed by atoms with Crippen LogP contribution in [0.4, 0.5) is 0 Å². The summed E-state index contributed by atoms with van der Waals surface area (Å²) in [5.41, 5.74) is 2.50. The van der Waals surface area contributed by atoms with Crippen molar-refractivity contribution in [2.24, 2.45) is 5.41 Å². The van der Waals surface area contributed by atoms with Crippen LogP contribution in [0.1, 0.15) is 37.5 Å². The molecule has 1 aliphatic rings. The maximum absolute atomic E-state index is 12.8. The first-order valence-electron chi connectivity index (χ1n) is 12.8. The zero-order valence-corrected chi connectivity index (χ0v) is 21.8. The predicted octanol–water partition coefficient (Wildman–Crippen LogP) is 6.27. The number of ether oxygens (including phenoxy) is 4. The molecule has 5 heteroatoms. The summed E-state index contributed by atoms with van der Waals surface area (Å²) in [5, 5.41) is 0. The number of hydrogen-bond donors (Lipinski definition) is 0. The van der Waals surface area contributed by atoms with E-state index in [9.17, 15) is 4.79 Å². The second-order valence-electron chi connectivity index (χ2n) is 10.3. The quantitative estimate of drug-likeness (QED) is 0.243. The van der Waals surface area contributed by atoms with E-state index >= 15 is 0 Å². The van der Waals surface area contributed by atoms with Gasteiger partial charge in [0.25, 0.3) is 0 Å². The molecule has 0 fully saturated rings. The van der Waals surface area contributed by atoms with Crippen molar-refractivity contribution in [1.29, 1.82) is 0 Å². The van der Waals surface area contributed by atoms with Crippen molar-refractivity contribution >= 4 is 5.97 Å². The minimum atomic E-state index is -0.640. The Balaban J connectivity index is 1.59. The van der Waals surface area contributed by atoms with Gasteiger partial charge in [-0.3, -0.25) is 4.79 Å². The van der Waals surface area contributed by atoms with Crippen LogP contribution in [0.3, 0.4) is 0 Å². The summed E-state index contributed by atoms with van der Waals surface area (Å²) in [6.45, 7) is 6.71. The van der Waals surface area contributed by atoms with Gasteiger partial charge in [-0.2, -0.15) is 0 Å². The average molecular weight is 501 g/mol. The molecule has 0 radical (unpaired) electrons. The molecule has 0 aromatic heterocycles. The lowest BCUT2D eigenvalue weighted by molar-refractivity contribution is -0.190. The molecule has 0 spiro atoms. The van der Waals surface area contributed by atoms with Crippen LogP contribution in [-0.2, 0) is 43.6 Å². The number of rotatable bonds is 10. The lowest BCUT2D eigenvalue weighted by atomic mass is 9.93. The number of benzene rings is 3. The SMILES string of the molecule is CC(C)(C)C(=O)O[C@@H]1C=C[C@@H](OCc2ccccc2)[C@H](OCc2ccccc2)[C@H]1OCc1ccccc1. The molecule has 0 heterocycles. The Hall–Kier alpha value is -3.25. The van der Waals surface area contributed by atoms with E-state index in [2.05, 4.69) is 0 Å². The highest BCUT2D eigenvalue weighted by Gasteiger charge is 2.42. The van der Waals surface area contributed by atoms with E-state index in [-0.39, 0.29) is 12.1 Å². The van der Waals surface area contributed by atoms with Gasteiger partial charge < -0.3 is 18.9 Å². The van der Waals surface area contributed by atoms with E-state index in [1.807, 2.05) is 124 Å². The van der Waals surface area contributed by atoms with Gasteiger partial charge in [-0.05, 0) is 43.5 Å². The Morgan fingerprint density at radius 3 is 1.41 bits per heavy atom. The minimum absolute atomic E-state index is 0.291. The zero-order valence-electron chi connectivity index (χ0n) is 21.8. The van der Waals surface area contributed by atoms with Crippen LogP contribution in [0.25, 0.3) is 0 Å². The van der Waals surface area contributed by atoms with Crippen molar-refractivity contribution in [3.05, 3.63) is 120 Å². The van der Waals surface area contributed by atoms with Crippen molar-refractivity contribution in [1.82, 2.24) is 0 Å². The van der Waals surface area contributed by atoms with Gasteiger partial charge in [-0.15, -0.1) is 0 Å². The molecule has 4 atom stereocenters. The maximum atomic E-state index is 12.8. The van der Waals surface area contributed by atoms with Gasteiger partial charge in [-0.1, -0.05) is 97.1 Å². The highest BCUT2D eigenvalue weighted by atomic mass is 16.6. The molecule has 4 rings (SSSR count). The van der Waals surface area contributed by atoms with Gasteiger partial charge in [0.15, 0.2) is 0 Å². The van der Waals surface area contributed by atoms with Crippen LogP contribution in [0.2, 0.25) is 0 Å². The standard InChI is InChI=1S/C32H36O5/c1-32(2,3)31(33)37-28-20-19-27(34-21-24-13-7-4-8-14-24)29(35-22-25-15-9-5-10-16-25)30(28)36-23-26-17-11-6-12-18-26/h4-20,27-30H,21-23H2,1-3H3/t27-,28-,29+,30+/m1/s1. The molecule has 0 amide bonds. The third-order valence-corrected chi connectivity index (χ3v) is 6.17. The van der Waals surface area contributed by atoms with E-state index in [1.54, 1.807) is 0 Å². The molecule has 5 nitrogen and oxygen atoms in total. The maximum Gasteiger partial charge on any atom is 0.311 e. The van der Waals surface area contributed by atoms with Gasteiger partial charge in [0.05, 0.1) is 25.2 Å². The zero-order chi connectivity index (χ0) is 26.1. The van der Waals surface area contributed by atoms with Crippen LogP contribution in [0, 0.1) is 5.41 Å². The number of carbonyl (C=O) groups is 1. The summed E-state index contributed by atoms with van der Waals surface area (Å²) in [5.74, 6) is -0.291. The third-order valence-electron chi connectivity index (χ3n) is 6.17. The highest BCUT2D eigenvalue weighted by molar-refractivity contribution is 5.75. The lowest BCUT2D eigenvalue weighted by Crippen LogP contribution is -2.52. The molecule has 0 unspecified atom stereocenters. The Bertz CT molecular complexity index is 1120. The molecule has 3 aromatic rings. The van der Waals surface area contributed by atoms with Crippen molar-refractivity contribution in [2.75, 3.05) is 0 Å². The van der Waals surface area contributed by atoms with Gasteiger partial charge in [-0.25, -0.2) is 0 Å². The topological polar surface area (TPSA) is 54.0 Å². The largest absolute Gasteiger partial charge is 0.455 e. The number of esters is 1. The minimum Gasteiger partial charge on any atom is -0.455 e. The van der Waals surface area contributed by atoms with Crippen LogP contribution in [0.15, 0.2) is 103 Å². The van der Waals surface area contributed by atoms with Gasteiger partial charge >= 0.3 is 5.97 Å². The second-order valence-corrected chi connectivity index (χ2v) is 10.3. The first-order chi connectivity index (χ1) is 17.9. The van der Waals surface area contributed by atoms with Crippen molar-refractivity contribution in [3.8, 4) is 0 Å². The molecule has 37 heavy (non-hydrogen) atoms. The Kier molecular flexibility index (Phi) is 9.29. The summed E-state index contributed by atoms with van der Waals surface area (Å²) in [7, 11) is 0. The van der Waals surface area contributed by atoms with Crippen molar-refractivity contribution < 1.29 is 23.7 Å². The van der Waals surface area contributed by atoms with E-state index in [0.29, 0.717) is 19.8 Å². The molecule has 0 bridgehead atoms. The van der Waals surface area contributed by atoms with Crippen LogP contribution < -0.4 is 0 Å². The molecular formula is C32H36O5. The van der Waals surface area contributed by atoms with E-state index < -0.39 is 23.7 Å². The predicted molar refractivity (Wildman–Crippen MR) is 144 cm³/mol. The normalized spacial score (nSPS) is 21.5. The number of carbonyl (C=O) groups excluding carboxylic acids is 1. The molecule has 1 aliphatic carbocycles. The summed E-state index contributed by atoms with van der Waals surface area (Å²) in [6, 6.07) is 30.0. The highest BCUT2D eigenvalue weighted by Crippen LogP contribution is 2.29. The molecule has 194 valence electrons. The van der Waals surface area contributed by atoms with Crippen molar-refractivity contribution in [3.63, 3.8) is 0 Å². The Morgan fingerprint density at radius 2 is 0.973 bits per heavy atom. The van der Waals surface area contributed by atoms with Gasteiger partial charge in [0, 0.05) is 0 Å². The van der Waals surface area contributed by atoms with Crippen LogP contribution in [0.5, 0.6) is 0 Å². The molecular weight excluding hydrogens is 464 g/mol. The summed E-state index contributed by atoms with van der Waals surface area (Å²) in [6.07, 6.45) is 1.78. The van der Waals surface area contributed by atoms with Crippen LogP contribution >= 0.6 is 0 Å². The lowest BCUT2D eigenvalue weighted by Gasteiger charge is -2.39. The van der Waals surface area contributed by atoms with Gasteiger partial charge in [0.2, 0.25) is 0 Å². The van der Waals surface area contributed by atoms with Crippen molar-refractivity contribution in [2.45, 2.75) is 65.0 Å². The first-order valence-corrected chi connectivity index (χ1v) is 12.8. The van der Waals surface area contributed by atoms with E-state index in [0.717, 1.165) is 16.7 Å². The monoisotopic (exact) mass is 500 g/mol. The fourth-order valence-electron chi connectivity index (χ4n) is 4.05. The van der Waals surface area contributed by atoms with E-state index in [1.165, 1.54) is 0 Å². The van der Waals surface area contributed by atoms with Crippen LogP contribution in [-0.4, -0.2) is 30.4 Å². The van der Waals surface area contributed by atoms with E-state index in [4.69, 9.17) is 18.9 Å². The fraction of sp³-hybridized carbons (Fsp3) is 0.344. The summed E-state index contributed by atoms with van der Waals surface area (Å²) >= 11 is 0.